The molecule has 1 unspecified atom stereocenters. The standard InChI is InChI=1S/C26H28N2O5/c1-17(2)14-18(25(31)27-13-7-12-24(29)30)15-28-26(32)33-16-23-21-10-5-3-8-19(21)20-9-4-6-11-22(20)23/h3-6,8-11,17-18,23H,13-16H2,1-2H3,(H,27,31)(H,28,32)(H,29,30). The molecule has 0 saturated heterocycles. The molecular formula is C26H28N2O5. The lowest BCUT2D eigenvalue weighted by Gasteiger charge is -2.19. The van der Waals surface area contributed by atoms with Crippen LogP contribution in [0.25, 0.3) is 11.1 Å². The summed E-state index contributed by atoms with van der Waals surface area (Å²) in [6, 6.07) is 16.2. The van der Waals surface area contributed by atoms with Crippen molar-refractivity contribution >= 4 is 18.0 Å². The van der Waals surface area contributed by atoms with Gasteiger partial charge >= 0.3 is 12.1 Å². The quantitative estimate of drug-likeness (QED) is 0.537. The molecule has 0 radical (unpaired) electrons. The Balaban J connectivity index is 1.56. The summed E-state index contributed by atoms with van der Waals surface area (Å²) in [7, 11) is 0. The number of nitrogens with one attached hydrogen (secondary N) is 2. The Morgan fingerprint density at radius 2 is 1.61 bits per heavy atom. The lowest BCUT2D eigenvalue weighted by molar-refractivity contribution is -0.130. The third-order valence-electron chi connectivity index (χ3n) is 5.51. The highest BCUT2D eigenvalue weighted by Crippen LogP contribution is 2.44. The minimum atomic E-state index is -1.25. The first kappa shape index (κ1) is 23.9. The highest BCUT2D eigenvalue weighted by Gasteiger charge is 2.29. The number of hydrogen-bond donors (Lipinski definition) is 3. The fraction of sp³-hybridized carbons (Fsp3) is 0.346. The number of fused-ring (bicyclic) bond motifs is 3. The number of carbonyl (C=O) groups excluding carboxylic acids is 2. The highest BCUT2D eigenvalue weighted by atomic mass is 16.5. The molecule has 0 aliphatic heterocycles. The number of carbonyl (C=O) groups is 3. The van der Waals surface area contributed by atoms with E-state index in [1.54, 1.807) is 0 Å². The second-order valence-electron chi connectivity index (χ2n) is 8.36. The van der Waals surface area contributed by atoms with E-state index in [1.165, 1.54) is 0 Å². The smallest absolute Gasteiger partial charge is 0.407 e. The molecule has 2 amide bonds. The Morgan fingerprint density at radius 3 is 2.18 bits per heavy atom. The molecule has 0 fully saturated rings. The summed E-state index contributed by atoms with van der Waals surface area (Å²) in [6.45, 7) is 4.22. The summed E-state index contributed by atoms with van der Waals surface area (Å²) in [5.74, 6) is 2.49. The molecule has 3 N–H and O–H groups in total. The Labute approximate surface area is 193 Å². The lowest BCUT2D eigenvalue weighted by atomic mass is 9.96. The van der Waals surface area contributed by atoms with Crippen LogP contribution >= 0.6 is 0 Å². The van der Waals surface area contributed by atoms with Gasteiger partial charge in [0.15, 0.2) is 0 Å². The van der Waals surface area contributed by atoms with Gasteiger partial charge < -0.3 is 20.5 Å². The van der Waals surface area contributed by atoms with Crippen molar-refractivity contribution in [1.29, 1.82) is 0 Å². The van der Waals surface area contributed by atoms with Crippen molar-refractivity contribution < 1.29 is 24.2 Å². The molecule has 0 aromatic heterocycles. The van der Waals surface area contributed by atoms with Crippen molar-refractivity contribution in [3.63, 3.8) is 0 Å². The number of amides is 2. The Bertz CT molecular complexity index is 1040. The van der Waals surface area contributed by atoms with Gasteiger partial charge in [-0.15, -0.1) is 0 Å². The zero-order valence-corrected chi connectivity index (χ0v) is 18.8. The fourth-order valence-electron chi connectivity index (χ4n) is 4.10. The maximum absolute atomic E-state index is 12.5. The normalized spacial score (nSPS) is 12.7. The van der Waals surface area contributed by atoms with Gasteiger partial charge in [0, 0.05) is 18.4 Å². The fourth-order valence-corrected chi connectivity index (χ4v) is 4.10. The number of alkyl carbamates (subject to hydrolysis) is 1. The van der Waals surface area contributed by atoms with E-state index in [-0.39, 0.29) is 37.4 Å². The third-order valence-corrected chi connectivity index (χ3v) is 5.51. The van der Waals surface area contributed by atoms with Gasteiger partial charge in [-0.3, -0.25) is 4.79 Å². The molecule has 33 heavy (non-hydrogen) atoms. The molecule has 0 spiro atoms. The zero-order chi connectivity index (χ0) is 23.8. The van der Waals surface area contributed by atoms with Crippen LogP contribution in [0.15, 0.2) is 48.5 Å². The minimum Gasteiger partial charge on any atom is -0.472 e. The number of carboxylic acids is 1. The van der Waals surface area contributed by atoms with Crippen molar-refractivity contribution in [2.75, 3.05) is 19.7 Å². The number of ether oxygens (including phenoxy) is 1. The summed E-state index contributed by atoms with van der Waals surface area (Å²) in [4.78, 5) is 35.3. The van der Waals surface area contributed by atoms with Gasteiger partial charge in [-0.1, -0.05) is 68.3 Å². The summed E-state index contributed by atoms with van der Waals surface area (Å²) in [6.07, 6.45) is -0.0222. The summed E-state index contributed by atoms with van der Waals surface area (Å²) < 4.78 is 5.53. The van der Waals surface area contributed by atoms with E-state index in [0.29, 0.717) is 6.42 Å². The van der Waals surface area contributed by atoms with Gasteiger partial charge in [0.25, 0.3) is 0 Å². The molecule has 0 bridgehead atoms. The second-order valence-corrected chi connectivity index (χ2v) is 8.36. The molecule has 1 aliphatic carbocycles. The van der Waals surface area contributed by atoms with Gasteiger partial charge in [0.2, 0.25) is 5.91 Å². The molecule has 3 rings (SSSR count). The van der Waals surface area contributed by atoms with Gasteiger partial charge in [0.05, 0.1) is 12.5 Å². The Kier molecular flexibility index (Phi) is 8.09. The Morgan fingerprint density at radius 1 is 1.00 bits per heavy atom. The van der Waals surface area contributed by atoms with Crippen LogP contribution in [0.3, 0.4) is 0 Å². The van der Waals surface area contributed by atoms with E-state index in [4.69, 9.17) is 9.84 Å². The zero-order valence-electron chi connectivity index (χ0n) is 18.8. The predicted octanol–water partition coefficient (Wildman–Crippen LogP) is 3.39. The molecular weight excluding hydrogens is 420 g/mol. The van der Waals surface area contributed by atoms with Gasteiger partial charge in [-0.25, -0.2) is 9.59 Å². The number of rotatable bonds is 8. The average Bonchev–Trinajstić information content (AvgIpc) is 3.11. The average molecular weight is 449 g/mol. The van der Waals surface area contributed by atoms with Crippen molar-refractivity contribution in [1.82, 2.24) is 10.6 Å². The number of hydrogen-bond acceptors (Lipinski definition) is 4. The van der Waals surface area contributed by atoms with Crippen LogP contribution in [-0.2, 0) is 14.3 Å². The molecule has 1 atom stereocenters. The maximum Gasteiger partial charge on any atom is 0.407 e. The summed E-state index contributed by atoms with van der Waals surface area (Å²) >= 11 is 0. The lowest BCUT2D eigenvalue weighted by Crippen LogP contribution is -2.40. The highest BCUT2D eigenvalue weighted by molar-refractivity contribution is 5.86. The molecule has 0 saturated carbocycles. The first-order valence-corrected chi connectivity index (χ1v) is 10.9. The molecule has 7 heteroatoms. The van der Waals surface area contributed by atoms with Crippen LogP contribution in [0.2, 0.25) is 0 Å². The molecule has 2 aromatic carbocycles. The molecule has 2 aromatic rings. The van der Waals surface area contributed by atoms with Crippen molar-refractivity contribution in [2.45, 2.75) is 26.2 Å². The van der Waals surface area contributed by atoms with Gasteiger partial charge in [-0.2, -0.15) is 0 Å². The summed E-state index contributed by atoms with van der Waals surface area (Å²) in [5.41, 5.74) is 4.57. The molecule has 0 heterocycles. The number of benzene rings is 2. The number of aliphatic carboxylic acids is 1. The monoisotopic (exact) mass is 448 g/mol. The van der Waals surface area contributed by atoms with E-state index in [9.17, 15) is 14.4 Å². The third kappa shape index (κ3) is 6.36. The van der Waals surface area contributed by atoms with Crippen LogP contribution in [0.1, 0.15) is 37.3 Å². The minimum absolute atomic E-state index is 0.0364. The van der Waals surface area contributed by atoms with E-state index in [0.717, 1.165) is 22.3 Å². The van der Waals surface area contributed by atoms with Gasteiger partial charge in [-0.05, 0) is 34.6 Å². The van der Waals surface area contributed by atoms with Crippen LogP contribution in [0.4, 0.5) is 4.79 Å². The first-order valence-electron chi connectivity index (χ1n) is 10.9. The molecule has 172 valence electrons. The number of carboxylic acid groups (broad SMARTS) is 1. The van der Waals surface area contributed by atoms with E-state index < -0.39 is 18.0 Å². The van der Waals surface area contributed by atoms with Crippen LogP contribution in [0, 0.1) is 23.7 Å². The summed E-state index contributed by atoms with van der Waals surface area (Å²) in [5, 5.41) is 13.8. The first-order chi connectivity index (χ1) is 15.9. The van der Waals surface area contributed by atoms with Crippen molar-refractivity contribution in [3.05, 3.63) is 59.7 Å². The SMILES string of the molecule is CC(C)CC(CNC(=O)OCC1c2ccccc2-c2ccccc21)C(=O)NCC#CC(=O)O. The van der Waals surface area contributed by atoms with Crippen molar-refractivity contribution in [2.24, 2.45) is 11.8 Å². The van der Waals surface area contributed by atoms with Crippen LogP contribution in [0.5, 0.6) is 0 Å². The van der Waals surface area contributed by atoms with E-state index in [1.807, 2.05) is 44.0 Å². The topological polar surface area (TPSA) is 105 Å². The van der Waals surface area contributed by atoms with E-state index >= 15 is 0 Å². The Hall–Kier alpha value is -3.79. The predicted molar refractivity (Wildman–Crippen MR) is 124 cm³/mol. The maximum atomic E-state index is 12.5. The van der Waals surface area contributed by atoms with Crippen molar-refractivity contribution in [3.8, 4) is 23.0 Å². The van der Waals surface area contributed by atoms with Crippen LogP contribution in [-0.4, -0.2) is 42.8 Å². The second kappa shape index (κ2) is 11.2. The molecule has 1 aliphatic rings. The van der Waals surface area contributed by atoms with Gasteiger partial charge in [0.1, 0.15) is 6.61 Å². The molecule has 7 nitrogen and oxygen atoms in total. The van der Waals surface area contributed by atoms with Crippen LogP contribution < -0.4 is 10.6 Å². The largest absolute Gasteiger partial charge is 0.472 e. The van der Waals surface area contributed by atoms with E-state index in [2.05, 4.69) is 40.8 Å².